The van der Waals surface area contributed by atoms with Crippen LogP contribution in [0.2, 0.25) is 0 Å². The van der Waals surface area contributed by atoms with Gasteiger partial charge >= 0.3 is 0 Å². The average Bonchev–Trinajstić information content (AvgIpc) is 2.76. The highest BCUT2D eigenvalue weighted by atomic mass is 32.2. The van der Waals surface area contributed by atoms with Crippen LogP contribution in [-0.2, 0) is 9.84 Å². The number of aromatic nitrogens is 1. The van der Waals surface area contributed by atoms with E-state index in [1.807, 2.05) is 13.0 Å². The second-order valence-corrected chi connectivity index (χ2v) is 6.03. The summed E-state index contributed by atoms with van der Waals surface area (Å²) in [5, 5.41) is 3.22. The summed E-state index contributed by atoms with van der Waals surface area (Å²) in [4.78, 5) is 3.57. The molecule has 5 heteroatoms. The third-order valence-electron chi connectivity index (χ3n) is 3.04. The smallest absolute Gasteiger partial charge is 0.210 e. The normalized spacial score (nSPS) is 20.9. The molecular weight excluding hydrogens is 236 g/mol. The van der Waals surface area contributed by atoms with Crippen LogP contribution >= 0.6 is 0 Å². The van der Waals surface area contributed by atoms with Gasteiger partial charge in [-0.1, -0.05) is 12.1 Å². The van der Waals surface area contributed by atoms with Crippen molar-refractivity contribution in [2.24, 2.45) is 0 Å². The molecule has 1 aliphatic rings. The van der Waals surface area contributed by atoms with E-state index in [0.717, 1.165) is 5.56 Å². The number of aromatic amines is 1. The number of fused-ring (bicyclic) bond motifs is 2. The van der Waals surface area contributed by atoms with E-state index in [9.17, 15) is 8.42 Å². The topological polar surface area (TPSA) is 62.0 Å². The van der Waals surface area contributed by atoms with Crippen LogP contribution in [-0.4, -0.2) is 13.4 Å². The Morgan fingerprint density at radius 1 is 1.12 bits per heavy atom. The lowest BCUT2D eigenvalue weighted by Gasteiger charge is -2.12. The fourth-order valence-electron chi connectivity index (χ4n) is 2.18. The fraction of sp³-hybridized carbons (Fsp3) is 0.167. The number of rotatable bonds is 0. The number of hydrogen-bond acceptors (Lipinski definition) is 3. The van der Waals surface area contributed by atoms with Crippen molar-refractivity contribution in [2.75, 3.05) is 5.32 Å². The first-order valence-corrected chi connectivity index (χ1v) is 6.86. The van der Waals surface area contributed by atoms with Crippen molar-refractivity contribution in [2.45, 2.75) is 22.8 Å². The second kappa shape index (κ2) is 3.37. The zero-order chi connectivity index (χ0) is 12.0. The van der Waals surface area contributed by atoms with Gasteiger partial charge in [-0.05, 0) is 19.1 Å². The first-order chi connectivity index (χ1) is 8.10. The van der Waals surface area contributed by atoms with Crippen molar-refractivity contribution in [3.05, 3.63) is 42.2 Å². The van der Waals surface area contributed by atoms with Gasteiger partial charge in [0.15, 0.2) is 0 Å². The molecule has 2 N–H and O–H groups in total. The van der Waals surface area contributed by atoms with Crippen LogP contribution in [0, 0.1) is 0 Å². The molecule has 1 unspecified atom stereocenters. The second-order valence-electron chi connectivity index (χ2n) is 4.14. The SMILES string of the molecule is CC1Nc2ccccc2S(=O)(=O)c2c[nH]cc21. The van der Waals surface area contributed by atoms with E-state index in [2.05, 4.69) is 10.3 Å². The summed E-state index contributed by atoms with van der Waals surface area (Å²) in [7, 11) is -3.42. The number of para-hydroxylation sites is 1. The third kappa shape index (κ3) is 1.39. The Kier molecular flexibility index (Phi) is 2.06. The monoisotopic (exact) mass is 248 g/mol. The molecule has 0 aliphatic carbocycles. The quantitative estimate of drug-likeness (QED) is 0.752. The Morgan fingerprint density at radius 2 is 1.88 bits per heavy atom. The van der Waals surface area contributed by atoms with Gasteiger partial charge in [-0.3, -0.25) is 0 Å². The molecule has 0 saturated heterocycles. The van der Waals surface area contributed by atoms with Crippen LogP contribution in [0.15, 0.2) is 46.5 Å². The molecule has 0 saturated carbocycles. The van der Waals surface area contributed by atoms with Crippen molar-refractivity contribution >= 4 is 15.5 Å². The highest BCUT2D eigenvalue weighted by molar-refractivity contribution is 7.91. The van der Waals surface area contributed by atoms with Gasteiger partial charge in [0, 0.05) is 18.0 Å². The van der Waals surface area contributed by atoms with Crippen LogP contribution in [0.3, 0.4) is 0 Å². The summed E-state index contributed by atoms with van der Waals surface area (Å²) in [6.07, 6.45) is 3.28. The van der Waals surface area contributed by atoms with E-state index in [4.69, 9.17) is 0 Å². The summed E-state index contributed by atoms with van der Waals surface area (Å²) < 4.78 is 24.9. The number of nitrogens with one attached hydrogen (secondary N) is 2. The van der Waals surface area contributed by atoms with Crippen LogP contribution in [0.4, 0.5) is 5.69 Å². The maximum absolute atomic E-state index is 12.5. The Labute approximate surface area is 99.6 Å². The van der Waals surface area contributed by atoms with Gasteiger partial charge in [-0.2, -0.15) is 0 Å². The summed E-state index contributed by atoms with van der Waals surface area (Å²) in [6.45, 7) is 1.95. The number of hydrogen-bond donors (Lipinski definition) is 2. The molecule has 0 spiro atoms. The Morgan fingerprint density at radius 3 is 2.71 bits per heavy atom. The van der Waals surface area contributed by atoms with Gasteiger partial charge in [0.1, 0.15) is 0 Å². The third-order valence-corrected chi connectivity index (χ3v) is 4.91. The maximum Gasteiger partial charge on any atom is 0.210 e. The molecule has 4 nitrogen and oxygen atoms in total. The van der Waals surface area contributed by atoms with Crippen molar-refractivity contribution < 1.29 is 8.42 Å². The number of benzene rings is 1. The standard InChI is InChI=1S/C12H12N2O2S/c1-8-9-6-13-7-12(9)17(15,16)11-5-3-2-4-10(11)14-8/h2-8,13-14H,1H3. The van der Waals surface area contributed by atoms with Crippen LogP contribution in [0.25, 0.3) is 0 Å². The molecule has 2 heterocycles. The lowest BCUT2D eigenvalue weighted by atomic mass is 10.1. The van der Waals surface area contributed by atoms with E-state index < -0.39 is 9.84 Å². The van der Waals surface area contributed by atoms with Gasteiger partial charge in [0.05, 0.1) is 21.5 Å². The highest BCUT2D eigenvalue weighted by Crippen LogP contribution is 2.37. The minimum Gasteiger partial charge on any atom is -0.377 e. The van der Waals surface area contributed by atoms with Crippen LogP contribution < -0.4 is 5.32 Å². The first-order valence-electron chi connectivity index (χ1n) is 5.38. The molecule has 88 valence electrons. The first kappa shape index (κ1) is 10.4. The zero-order valence-corrected chi connectivity index (χ0v) is 10.1. The Balaban J connectivity index is 2.38. The van der Waals surface area contributed by atoms with Crippen LogP contribution in [0.5, 0.6) is 0 Å². The summed E-state index contributed by atoms with van der Waals surface area (Å²) in [5.41, 5.74) is 1.44. The van der Waals surface area contributed by atoms with Gasteiger partial charge in [0.25, 0.3) is 0 Å². The van der Waals surface area contributed by atoms with Crippen LogP contribution in [0.1, 0.15) is 18.5 Å². The predicted octanol–water partition coefficient (Wildman–Crippen LogP) is 2.33. The molecule has 0 amide bonds. The van der Waals surface area contributed by atoms with Crippen molar-refractivity contribution in [1.29, 1.82) is 0 Å². The maximum atomic E-state index is 12.5. The minimum atomic E-state index is -3.42. The molecular formula is C12H12N2O2S. The molecule has 1 atom stereocenters. The fourth-order valence-corrected chi connectivity index (χ4v) is 3.86. The van der Waals surface area contributed by atoms with Gasteiger partial charge < -0.3 is 10.3 Å². The molecule has 2 aromatic rings. The molecule has 1 aliphatic heterocycles. The average molecular weight is 248 g/mol. The molecule has 0 fully saturated rings. The number of sulfone groups is 1. The summed E-state index contributed by atoms with van der Waals surface area (Å²) in [6, 6.07) is 6.96. The Bertz CT molecular complexity index is 673. The predicted molar refractivity (Wildman–Crippen MR) is 64.7 cm³/mol. The number of H-pyrrole nitrogens is 1. The van der Waals surface area contributed by atoms with E-state index in [1.54, 1.807) is 30.6 Å². The van der Waals surface area contributed by atoms with Gasteiger partial charge in [-0.25, -0.2) is 8.42 Å². The molecule has 1 aromatic carbocycles. The van der Waals surface area contributed by atoms with E-state index in [-0.39, 0.29) is 6.04 Å². The Hall–Kier alpha value is -1.75. The largest absolute Gasteiger partial charge is 0.377 e. The molecule has 17 heavy (non-hydrogen) atoms. The zero-order valence-electron chi connectivity index (χ0n) is 9.27. The van der Waals surface area contributed by atoms with Gasteiger partial charge in [0.2, 0.25) is 9.84 Å². The lowest BCUT2D eigenvalue weighted by molar-refractivity contribution is 0.596. The van der Waals surface area contributed by atoms with Gasteiger partial charge in [-0.15, -0.1) is 0 Å². The van der Waals surface area contributed by atoms with E-state index >= 15 is 0 Å². The molecule has 0 radical (unpaired) electrons. The molecule has 0 bridgehead atoms. The molecule has 1 aromatic heterocycles. The van der Waals surface area contributed by atoms with Crippen molar-refractivity contribution in [3.63, 3.8) is 0 Å². The summed E-state index contributed by atoms with van der Waals surface area (Å²) >= 11 is 0. The summed E-state index contributed by atoms with van der Waals surface area (Å²) in [5.74, 6) is 0. The molecule has 3 rings (SSSR count). The number of anilines is 1. The lowest BCUT2D eigenvalue weighted by Crippen LogP contribution is -2.04. The van der Waals surface area contributed by atoms with E-state index in [1.165, 1.54) is 0 Å². The van der Waals surface area contributed by atoms with Crippen molar-refractivity contribution in [1.82, 2.24) is 4.98 Å². The minimum absolute atomic E-state index is 0.0327. The van der Waals surface area contributed by atoms with Crippen molar-refractivity contribution in [3.8, 4) is 0 Å². The van der Waals surface area contributed by atoms with E-state index in [0.29, 0.717) is 15.5 Å². The highest BCUT2D eigenvalue weighted by Gasteiger charge is 2.30.